The molecule has 6 nitrogen and oxygen atoms in total. The molecule has 1 aliphatic rings. The lowest BCUT2D eigenvalue weighted by Gasteiger charge is -2.39. The first-order chi connectivity index (χ1) is 18.6. The third-order valence-corrected chi connectivity index (χ3v) is 6.95. The van der Waals surface area contributed by atoms with Crippen LogP contribution >= 0.6 is 11.6 Å². The number of hydrogen-bond donors (Lipinski definition) is 2. The maximum absolute atomic E-state index is 13.2. The summed E-state index contributed by atoms with van der Waals surface area (Å²) in [6.07, 6.45) is -4.25. The lowest BCUT2D eigenvalue weighted by atomic mass is 9.85. The molecule has 2 atom stereocenters. The molecule has 3 aromatic carbocycles. The second-order valence-corrected chi connectivity index (χ2v) is 9.86. The van der Waals surface area contributed by atoms with Gasteiger partial charge in [0, 0.05) is 49.1 Å². The number of carbonyl (C=O) groups is 2. The molecular formula is C29H29ClF3N3O3. The molecule has 0 aliphatic carbocycles. The molecule has 0 spiro atoms. The Balaban J connectivity index is 1.56. The van der Waals surface area contributed by atoms with E-state index in [0.29, 0.717) is 30.1 Å². The largest absolute Gasteiger partial charge is 0.573 e. The number of hydrogen-bond acceptors (Lipinski definition) is 4. The fraction of sp³-hybridized carbons (Fsp3) is 0.310. The highest BCUT2D eigenvalue weighted by atomic mass is 35.5. The summed E-state index contributed by atoms with van der Waals surface area (Å²) >= 11 is 5.99. The topological polar surface area (TPSA) is 70.7 Å². The summed E-state index contributed by atoms with van der Waals surface area (Å²) in [6.45, 7) is 2.27. The van der Waals surface area contributed by atoms with E-state index in [4.69, 9.17) is 11.6 Å². The number of piperidine rings is 1. The molecule has 4 rings (SSSR count). The summed E-state index contributed by atoms with van der Waals surface area (Å²) in [7, 11) is 0. The van der Waals surface area contributed by atoms with Crippen LogP contribution in [0, 0.1) is 0 Å². The van der Waals surface area contributed by atoms with E-state index < -0.39 is 6.36 Å². The molecule has 206 valence electrons. The molecule has 10 heteroatoms. The predicted molar refractivity (Wildman–Crippen MR) is 143 cm³/mol. The van der Waals surface area contributed by atoms with Gasteiger partial charge in [-0.2, -0.15) is 0 Å². The first-order valence-electron chi connectivity index (χ1n) is 12.5. The van der Waals surface area contributed by atoms with Gasteiger partial charge in [0.15, 0.2) is 0 Å². The second-order valence-electron chi connectivity index (χ2n) is 9.42. The molecule has 0 bridgehead atoms. The van der Waals surface area contributed by atoms with Gasteiger partial charge in [-0.25, -0.2) is 0 Å². The van der Waals surface area contributed by atoms with E-state index in [0.717, 1.165) is 16.7 Å². The summed E-state index contributed by atoms with van der Waals surface area (Å²) in [5.41, 5.74) is 2.91. The summed E-state index contributed by atoms with van der Waals surface area (Å²) in [5.74, 6) is -0.835. The number of nitrogens with zero attached hydrogens (tertiary/aromatic N) is 1. The normalized spacial score (nSPS) is 17.5. The number of rotatable bonds is 8. The molecule has 1 heterocycles. The van der Waals surface area contributed by atoms with E-state index >= 15 is 0 Å². The van der Waals surface area contributed by atoms with Crippen molar-refractivity contribution in [3.8, 4) is 16.9 Å². The van der Waals surface area contributed by atoms with Gasteiger partial charge in [0.05, 0.1) is 6.54 Å². The maximum atomic E-state index is 13.2. The van der Waals surface area contributed by atoms with E-state index in [9.17, 15) is 22.8 Å². The smallest absolute Gasteiger partial charge is 0.405 e. The van der Waals surface area contributed by atoms with Crippen LogP contribution < -0.4 is 15.4 Å². The average Bonchev–Trinajstić information content (AvgIpc) is 2.91. The highest BCUT2D eigenvalue weighted by Gasteiger charge is 2.34. The molecule has 1 saturated heterocycles. The Morgan fingerprint density at radius 1 is 1.03 bits per heavy atom. The van der Waals surface area contributed by atoms with Crippen molar-refractivity contribution in [3.05, 3.63) is 88.9 Å². The molecule has 3 aromatic rings. The first kappa shape index (κ1) is 28.4. The lowest BCUT2D eigenvalue weighted by molar-refractivity contribution is -0.274. The van der Waals surface area contributed by atoms with Crippen LogP contribution in [-0.2, 0) is 16.1 Å². The molecule has 0 saturated carbocycles. The Morgan fingerprint density at radius 3 is 2.38 bits per heavy atom. The van der Waals surface area contributed by atoms with Crippen LogP contribution in [0.15, 0.2) is 72.8 Å². The molecule has 1 aliphatic heterocycles. The summed E-state index contributed by atoms with van der Waals surface area (Å²) < 4.78 is 43.9. The summed E-state index contributed by atoms with van der Waals surface area (Å²) in [5, 5.41) is 6.54. The van der Waals surface area contributed by atoms with Gasteiger partial charge in [0.2, 0.25) is 11.8 Å². The van der Waals surface area contributed by atoms with Crippen LogP contribution in [0.3, 0.4) is 0 Å². The van der Waals surface area contributed by atoms with Gasteiger partial charge in [-0.05, 0) is 47.4 Å². The van der Waals surface area contributed by atoms with Gasteiger partial charge in [-0.15, -0.1) is 13.2 Å². The Hall–Kier alpha value is -3.56. The fourth-order valence-corrected chi connectivity index (χ4v) is 4.90. The standard InChI is InChI=1S/C29H29ClF3N3O3/c1-19(37)34-17-28(38)36-14-13-26(25(18-36)21-5-3-2-4-6-21)35-16-23-15-22(20-7-10-24(30)11-8-20)9-12-27(23)39-29(31,32)33/h2-12,15,25-26,35H,13-14,16-18H2,1H3,(H,34,37)/t25-,26-/m0/s1. The van der Waals surface area contributed by atoms with Gasteiger partial charge in [-0.1, -0.05) is 60.1 Å². The third-order valence-electron chi connectivity index (χ3n) is 6.70. The van der Waals surface area contributed by atoms with E-state index in [2.05, 4.69) is 15.4 Å². The number of carbonyl (C=O) groups excluding carboxylic acids is 2. The quantitative estimate of drug-likeness (QED) is 0.381. The van der Waals surface area contributed by atoms with Gasteiger partial charge in [-0.3, -0.25) is 9.59 Å². The van der Waals surface area contributed by atoms with Gasteiger partial charge >= 0.3 is 6.36 Å². The highest BCUT2D eigenvalue weighted by Crippen LogP contribution is 2.33. The van der Waals surface area contributed by atoms with Crippen LogP contribution in [0.4, 0.5) is 13.2 Å². The number of nitrogens with one attached hydrogen (secondary N) is 2. The second kappa shape index (κ2) is 12.5. The van der Waals surface area contributed by atoms with Gasteiger partial charge in [0.25, 0.3) is 0 Å². The van der Waals surface area contributed by atoms with Crippen LogP contribution in [0.25, 0.3) is 11.1 Å². The zero-order chi connectivity index (χ0) is 28.0. The number of likely N-dealkylation sites (tertiary alicyclic amines) is 1. The number of alkyl halides is 3. The summed E-state index contributed by atoms with van der Waals surface area (Å²) in [6, 6.07) is 21.2. The Labute approximate surface area is 230 Å². The van der Waals surface area contributed by atoms with Crippen LogP contribution in [0.5, 0.6) is 5.75 Å². The third kappa shape index (κ3) is 7.97. The molecule has 0 radical (unpaired) electrons. The molecule has 2 amide bonds. The Morgan fingerprint density at radius 2 is 1.72 bits per heavy atom. The molecular weight excluding hydrogens is 531 g/mol. The zero-order valence-corrected chi connectivity index (χ0v) is 22.1. The molecule has 1 fully saturated rings. The van der Waals surface area contributed by atoms with Gasteiger partial charge < -0.3 is 20.3 Å². The van der Waals surface area contributed by atoms with Crippen molar-refractivity contribution in [2.75, 3.05) is 19.6 Å². The van der Waals surface area contributed by atoms with Crippen LogP contribution in [-0.4, -0.2) is 48.8 Å². The lowest BCUT2D eigenvalue weighted by Crippen LogP contribution is -2.51. The summed E-state index contributed by atoms with van der Waals surface area (Å²) in [4.78, 5) is 25.7. The monoisotopic (exact) mass is 559 g/mol. The average molecular weight is 560 g/mol. The van der Waals surface area contributed by atoms with E-state index in [1.165, 1.54) is 13.0 Å². The van der Waals surface area contributed by atoms with E-state index in [-0.39, 0.29) is 42.6 Å². The minimum atomic E-state index is -4.83. The van der Waals surface area contributed by atoms with Crippen molar-refractivity contribution < 1.29 is 27.5 Å². The Kier molecular flexibility index (Phi) is 9.14. The van der Waals surface area contributed by atoms with E-state index in [1.54, 1.807) is 41.3 Å². The zero-order valence-electron chi connectivity index (χ0n) is 21.3. The maximum Gasteiger partial charge on any atom is 0.573 e. The van der Waals surface area contributed by atoms with Gasteiger partial charge in [0.1, 0.15) is 5.75 Å². The number of benzene rings is 3. The molecule has 2 N–H and O–H groups in total. The first-order valence-corrected chi connectivity index (χ1v) is 12.9. The molecule has 0 aromatic heterocycles. The molecule has 39 heavy (non-hydrogen) atoms. The molecule has 0 unspecified atom stereocenters. The Bertz CT molecular complexity index is 1290. The van der Waals surface area contributed by atoms with Crippen molar-refractivity contribution in [3.63, 3.8) is 0 Å². The minimum absolute atomic E-state index is 0.0788. The SMILES string of the molecule is CC(=O)NCC(=O)N1CC[C@H](NCc2cc(-c3ccc(Cl)cc3)ccc2OC(F)(F)F)[C@H](c2ccccc2)C1. The highest BCUT2D eigenvalue weighted by molar-refractivity contribution is 6.30. The van der Waals surface area contributed by atoms with Crippen molar-refractivity contribution >= 4 is 23.4 Å². The number of halogens is 4. The van der Waals surface area contributed by atoms with Crippen LogP contribution in [0.2, 0.25) is 5.02 Å². The van der Waals surface area contributed by atoms with Crippen LogP contribution in [0.1, 0.15) is 30.4 Å². The predicted octanol–water partition coefficient (Wildman–Crippen LogP) is 5.52. The van der Waals surface area contributed by atoms with Crippen molar-refractivity contribution in [1.29, 1.82) is 0 Å². The number of amides is 2. The number of ether oxygens (including phenoxy) is 1. The minimum Gasteiger partial charge on any atom is -0.405 e. The van der Waals surface area contributed by atoms with Crippen molar-refractivity contribution in [1.82, 2.24) is 15.5 Å². The van der Waals surface area contributed by atoms with Crippen molar-refractivity contribution in [2.24, 2.45) is 0 Å². The fourth-order valence-electron chi connectivity index (χ4n) is 4.78. The van der Waals surface area contributed by atoms with Crippen molar-refractivity contribution in [2.45, 2.75) is 38.2 Å². The van der Waals surface area contributed by atoms with E-state index in [1.807, 2.05) is 30.3 Å².